The Bertz CT molecular complexity index is 1060. The van der Waals surface area contributed by atoms with Crippen molar-refractivity contribution in [3.8, 4) is 5.75 Å². The lowest BCUT2D eigenvalue weighted by Crippen LogP contribution is -2.67. The number of hydrogen-bond acceptors (Lipinski definition) is 4. The smallest absolute Gasteiger partial charge is 0.224 e. The molecule has 34 heavy (non-hydrogen) atoms. The molecule has 1 aliphatic carbocycles. The van der Waals surface area contributed by atoms with Crippen molar-refractivity contribution < 1.29 is 14.6 Å². The highest BCUT2D eigenvalue weighted by Gasteiger charge is 2.57. The molecule has 4 rings (SSSR count). The lowest BCUT2D eigenvalue weighted by atomic mass is 9.55. The first kappa shape index (κ1) is 25.1. The van der Waals surface area contributed by atoms with Gasteiger partial charge in [-0.1, -0.05) is 47.5 Å². The average Bonchev–Trinajstić information content (AvgIpc) is 2.82. The molecular weight excluding hydrogens is 471 g/mol. The van der Waals surface area contributed by atoms with E-state index in [0.717, 1.165) is 42.8 Å². The maximum absolute atomic E-state index is 12.9. The lowest BCUT2D eigenvalue weighted by molar-refractivity contribution is -0.132. The molecule has 1 aliphatic heterocycles. The minimum absolute atomic E-state index is 0.0345. The van der Waals surface area contributed by atoms with Gasteiger partial charge >= 0.3 is 0 Å². The number of hydrogen-bond donors (Lipinski definition) is 2. The Kier molecular flexibility index (Phi) is 7.58. The zero-order valence-electron chi connectivity index (χ0n) is 19.5. The van der Waals surface area contributed by atoms with Crippen molar-refractivity contribution in [2.45, 2.75) is 49.2 Å². The van der Waals surface area contributed by atoms with E-state index in [-0.39, 0.29) is 18.4 Å². The van der Waals surface area contributed by atoms with Crippen molar-refractivity contribution >= 4 is 29.1 Å². The van der Waals surface area contributed by atoms with E-state index in [1.165, 1.54) is 0 Å². The first-order valence-corrected chi connectivity index (χ1v) is 12.5. The van der Waals surface area contributed by atoms with Gasteiger partial charge in [0.15, 0.2) is 0 Å². The Labute approximate surface area is 211 Å². The molecule has 5 nitrogen and oxygen atoms in total. The number of aliphatic hydroxyl groups is 1. The number of ether oxygens (including phenoxy) is 1. The van der Waals surface area contributed by atoms with Crippen LogP contribution in [-0.2, 0) is 16.6 Å². The van der Waals surface area contributed by atoms with Crippen LogP contribution in [0.5, 0.6) is 5.75 Å². The van der Waals surface area contributed by atoms with E-state index in [0.29, 0.717) is 29.4 Å². The number of nitrogens with zero attached hydrogens (tertiary/aromatic N) is 1. The third-order valence-corrected chi connectivity index (χ3v) is 8.19. The van der Waals surface area contributed by atoms with Gasteiger partial charge in [0.05, 0.1) is 29.2 Å². The maximum atomic E-state index is 12.9. The molecule has 0 spiro atoms. The summed E-state index contributed by atoms with van der Waals surface area (Å²) in [4.78, 5) is 15.2. The van der Waals surface area contributed by atoms with Crippen LogP contribution in [0.4, 0.5) is 0 Å². The van der Waals surface area contributed by atoms with Gasteiger partial charge in [0.2, 0.25) is 5.91 Å². The van der Waals surface area contributed by atoms with Gasteiger partial charge in [0, 0.05) is 24.5 Å². The van der Waals surface area contributed by atoms with Crippen molar-refractivity contribution in [3.63, 3.8) is 0 Å². The molecule has 1 saturated carbocycles. The largest absolute Gasteiger partial charge is 0.497 e. The molecule has 1 heterocycles. The first-order valence-electron chi connectivity index (χ1n) is 11.7. The number of carbonyl (C=O) groups is 1. The zero-order chi connectivity index (χ0) is 24.3. The molecule has 182 valence electrons. The number of rotatable bonds is 7. The second kappa shape index (κ2) is 10.3. The summed E-state index contributed by atoms with van der Waals surface area (Å²) in [5.41, 5.74) is 0.514. The van der Waals surface area contributed by atoms with Crippen molar-refractivity contribution in [2.75, 3.05) is 26.7 Å². The van der Waals surface area contributed by atoms with Crippen molar-refractivity contribution in [2.24, 2.45) is 0 Å². The van der Waals surface area contributed by atoms with Crippen LogP contribution in [0.3, 0.4) is 0 Å². The van der Waals surface area contributed by atoms with Crippen LogP contribution in [-0.4, -0.2) is 54.3 Å². The normalized spacial score (nSPS) is 27.0. The fourth-order valence-corrected chi connectivity index (χ4v) is 6.08. The van der Waals surface area contributed by atoms with Crippen LogP contribution in [0.2, 0.25) is 10.0 Å². The number of methoxy groups -OCH3 is 1. The summed E-state index contributed by atoms with van der Waals surface area (Å²) < 4.78 is 5.50. The summed E-state index contributed by atoms with van der Waals surface area (Å²) in [5, 5.41) is 16.2. The van der Waals surface area contributed by atoms with Gasteiger partial charge in [-0.05, 0) is 67.6 Å². The number of amides is 1. The third-order valence-electron chi connectivity index (χ3n) is 7.46. The van der Waals surface area contributed by atoms with Crippen molar-refractivity contribution in [3.05, 3.63) is 76.3 Å². The van der Waals surface area contributed by atoms with Crippen LogP contribution in [0, 0.1) is 0 Å². The van der Waals surface area contributed by atoms with Crippen LogP contribution in [0.1, 0.15) is 36.8 Å². The monoisotopic (exact) mass is 502 g/mol. The molecule has 0 bridgehead atoms. The van der Waals surface area contributed by atoms with Crippen LogP contribution >= 0.6 is 23.2 Å². The standard InChI is InChI=1S/C27H32Cl2N2O3/c1-3-12-31-13-11-26(20-5-4-6-22(16-20)34-2)17-21(9-10-27(26,33)18-31)30-25(32)15-19-7-8-23(28)24(29)14-19/h3-8,14,16,21,33H,1,9-13,15,17-18H2,2H3,(H,30,32)/t21-,26?,27?/m0/s1. The number of carbonyl (C=O) groups excluding carboxylic acids is 1. The lowest BCUT2D eigenvalue weighted by Gasteiger charge is -2.58. The molecule has 0 radical (unpaired) electrons. The second-order valence-electron chi connectivity index (χ2n) is 9.55. The highest BCUT2D eigenvalue weighted by Crippen LogP contribution is 2.52. The van der Waals surface area contributed by atoms with E-state index in [2.05, 4.69) is 22.9 Å². The Balaban J connectivity index is 1.57. The zero-order valence-corrected chi connectivity index (χ0v) is 21.0. The average molecular weight is 503 g/mol. The van der Waals surface area contributed by atoms with Crippen LogP contribution in [0.15, 0.2) is 55.1 Å². The van der Waals surface area contributed by atoms with E-state index in [4.69, 9.17) is 27.9 Å². The number of likely N-dealkylation sites (tertiary alicyclic amines) is 1. The van der Waals surface area contributed by atoms with E-state index in [9.17, 15) is 9.90 Å². The quantitative estimate of drug-likeness (QED) is 0.535. The Morgan fingerprint density at radius 3 is 2.82 bits per heavy atom. The minimum Gasteiger partial charge on any atom is -0.497 e. The second-order valence-corrected chi connectivity index (χ2v) is 10.4. The van der Waals surface area contributed by atoms with Gasteiger partial charge < -0.3 is 15.2 Å². The predicted octanol–water partition coefficient (Wildman–Crippen LogP) is 4.77. The predicted molar refractivity (Wildman–Crippen MR) is 137 cm³/mol. The Hall–Kier alpha value is -2.05. The summed E-state index contributed by atoms with van der Waals surface area (Å²) in [6.45, 7) is 6.06. The molecule has 3 atom stereocenters. The molecular formula is C27H32Cl2N2O3. The van der Waals surface area contributed by atoms with Gasteiger partial charge in [-0.25, -0.2) is 0 Å². The number of benzene rings is 2. The number of nitrogens with one attached hydrogen (secondary N) is 1. The molecule has 2 aromatic carbocycles. The van der Waals surface area contributed by atoms with E-state index < -0.39 is 11.0 Å². The molecule has 2 N–H and O–H groups in total. The van der Waals surface area contributed by atoms with Crippen molar-refractivity contribution in [1.82, 2.24) is 10.2 Å². The summed E-state index contributed by atoms with van der Waals surface area (Å²) in [5.74, 6) is 0.715. The highest BCUT2D eigenvalue weighted by molar-refractivity contribution is 6.42. The molecule has 2 aromatic rings. The third kappa shape index (κ3) is 4.99. The van der Waals surface area contributed by atoms with Gasteiger partial charge in [0.1, 0.15) is 5.75 Å². The molecule has 7 heteroatoms. The van der Waals surface area contributed by atoms with Gasteiger partial charge in [0.25, 0.3) is 0 Å². The topological polar surface area (TPSA) is 61.8 Å². The van der Waals surface area contributed by atoms with E-state index in [1.807, 2.05) is 30.3 Å². The fourth-order valence-electron chi connectivity index (χ4n) is 5.75. The molecule has 1 amide bonds. The molecule has 2 unspecified atom stereocenters. The van der Waals surface area contributed by atoms with E-state index in [1.54, 1.807) is 19.2 Å². The first-order chi connectivity index (χ1) is 16.3. The molecule has 2 fully saturated rings. The summed E-state index contributed by atoms with van der Waals surface area (Å²) in [6, 6.07) is 13.2. The minimum atomic E-state index is -0.897. The highest BCUT2D eigenvalue weighted by atomic mass is 35.5. The van der Waals surface area contributed by atoms with Crippen LogP contribution < -0.4 is 10.1 Å². The van der Waals surface area contributed by atoms with Gasteiger partial charge in [-0.2, -0.15) is 0 Å². The Morgan fingerprint density at radius 1 is 1.26 bits per heavy atom. The van der Waals surface area contributed by atoms with Crippen LogP contribution in [0.25, 0.3) is 0 Å². The summed E-state index contributed by atoms with van der Waals surface area (Å²) >= 11 is 12.1. The van der Waals surface area contributed by atoms with E-state index >= 15 is 0 Å². The molecule has 0 aromatic heterocycles. The summed E-state index contributed by atoms with van der Waals surface area (Å²) in [7, 11) is 1.66. The Morgan fingerprint density at radius 2 is 2.09 bits per heavy atom. The van der Waals surface area contributed by atoms with Gasteiger partial charge in [-0.15, -0.1) is 6.58 Å². The van der Waals surface area contributed by atoms with Crippen molar-refractivity contribution in [1.29, 1.82) is 0 Å². The number of halogens is 2. The molecule has 2 aliphatic rings. The molecule has 1 saturated heterocycles. The fraction of sp³-hybridized carbons (Fsp3) is 0.444. The maximum Gasteiger partial charge on any atom is 0.224 e. The number of β-amino-alcohol motifs (C(OH)–C–C–N with tert-alkyl or cyclic N) is 1. The summed E-state index contributed by atoms with van der Waals surface area (Å²) in [6.07, 6.45) is 4.91. The number of piperidine rings is 1. The number of fused-ring (bicyclic) bond motifs is 1. The van der Waals surface area contributed by atoms with Gasteiger partial charge in [-0.3, -0.25) is 9.69 Å². The SMILES string of the molecule is C=CCN1CCC2(c3cccc(OC)c3)C[C@@H](NC(=O)Cc3ccc(Cl)c(Cl)c3)CCC2(O)C1.